The van der Waals surface area contributed by atoms with Gasteiger partial charge in [0.1, 0.15) is 11.6 Å². The van der Waals surface area contributed by atoms with E-state index in [0.717, 1.165) is 23.9 Å². The van der Waals surface area contributed by atoms with Crippen LogP contribution in [-0.2, 0) is 11.9 Å². The van der Waals surface area contributed by atoms with Gasteiger partial charge in [0, 0.05) is 22.4 Å². The van der Waals surface area contributed by atoms with E-state index in [1.54, 1.807) is 0 Å². The zero-order valence-electron chi connectivity index (χ0n) is 10.5. The summed E-state index contributed by atoms with van der Waals surface area (Å²) in [5.41, 5.74) is 4.51. The minimum Gasteiger partial charge on any atom is -0.399 e. The van der Waals surface area contributed by atoms with Gasteiger partial charge in [0.05, 0.1) is 5.56 Å². The Labute approximate surface area is 122 Å². The van der Waals surface area contributed by atoms with Crippen LogP contribution < -0.4 is 5.73 Å². The Morgan fingerprint density at radius 3 is 2.33 bits per heavy atom. The predicted molar refractivity (Wildman–Crippen MR) is 71.8 cm³/mol. The van der Waals surface area contributed by atoms with E-state index in [2.05, 4.69) is 0 Å². The van der Waals surface area contributed by atoms with Crippen molar-refractivity contribution in [1.29, 1.82) is 0 Å². The maximum absolute atomic E-state index is 13.4. The normalized spacial score (nSPS) is 11.7. The van der Waals surface area contributed by atoms with Crippen molar-refractivity contribution in [3.63, 3.8) is 0 Å². The van der Waals surface area contributed by atoms with Crippen LogP contribution in [0.3, 0.4) is 0 Å². The van der Waals surface area contributed by atoms with Gasteiger partial charge in [-0.2, -0.15) is 13.2 Å². The first-order chi connectivity index (χ1) is 9.77. The zero-order chi connectivity index (χ0) is 15.6. The summed E-state index contributed by atoms with van der Waals surface area (Å²) in [6.45, 7) is 0. The van der Waals surface area contributed by atoms with Crippen LogP contribution >= 0.6 is 11.8 Å². The lowest BCUT2D eigenvalue weighted by Gasteiger charge is -2.13. The smallest absolute Gasteiger partial charge is 0.399 e. The summed E-state index contributed by atoms with van der Waals surface area (Å²) in [7, 11) is 0. The van der Waals surface area contributed by atoms with Crippen molar-refractivity contribution in [1.82, 2.24) is 0 Å². The van der Waals surface area contributed by atoms with Gasteiger partial charge in [0.2, 0.25) is 0 Å². The van der Waals surface area contributed by atoms with Gasteiger partial charge in [-0.1, -0.05) is 6.07 Å². The van der Waals surface area contributed by atoms with Gasteiger partial charge >= 0.3 is 6.18 Å². The van der Waals surface area contributed by atoms with Crippen molar-refractivity contribution in [2.45, 2.75) is 16.8 Å². The summed E-state index contributed by atoms with van der Waals surface area (Å²) >= 11 is 0.862. The van der Waals surface area contributed by atoms with Crippen molar-refractivity contribution < 1.29 is 22.0 Å². The molecule has 0 heterocycles. The summed E-state index contributed by atoms with van der Waals surface area (Å²) in [6.07, 6.45) is -4.54. The van der Waals surface area contributed by atoms with E-state index < -0.39 is 23.4 Å². The summed E-state index contributed by atoms with van der Waals surface area (Å²) in [5, 5.41) is 0. The van der Waals surface area contributed by atoms with Gasteiger partial charge < -0.3 is 5.73 Å². The fraction of sp³-hybridized carbons (Fsp3) is 0.143. The van der Waals surface area contributed by atoms with E-state index in [-0.39, 0.29) is 21.9 Å². The van der Waals surface area contributed by atoms with E-state index in [9.17, 15) is 22.0 Å². The molecule has 0 aliphatic carbocycles. The molecule has 0 bridgehead atoms. The second-order valence-electron chi connectivity index (χ2n) is 4.28. The molecule has 0 unspecified atom stereocenters. The van der Waals surface area contributed by atoms with Gasteiger partial charge in [-0.05, 0) is 29.8 Å². The molecule has 2 N–H and O–H groups in total. The van der Waals surface area contributed by atoms with Crippen molar-refractivity contribution in [2.24, 2.45) is 0 Å². The largest absolute Gasteiger partial charge is 0.416 e. The van der Waals surface area contributed by atoms with Crippen LogP contribution in [0.15, 0.2) is 41.3 Å². The molecule has 0 amide bonds. The first kappa shape index (κ1) is 15.6. The van der Waals surface area contributed by atoms with Crippen LogP contribution in [0.2, 0.25) is 0 Å². The number of rotatable bonds is 3. The summed E-state index contributed by atoms with van der Waals surface area (Å²) < 4.78 is 64.9. The molecule has 0 saturated carbocycles. The second-order valence-corrected chi connectivity index (χ2v) is 5.29. The van der Waals surface area contributed by atoms with Crippen molar-refractivity contribution in [2.75, 3.05) is 5.73 Å². The summed E-state index contributed by atoms with van der Waals surface area (Å²) in [4.78, 5) is 0.0846. The molecular formula is C14H10F5NS. The number of halogens is 5. The Morgan fingerprint density at radius 2 is 1.71 bits per heavy atom. The molecule has 0 atom stereocenters. The van der Waals surface area contributed by atoms with Gasteiger partial charge in [0.15, 0.2) is 0 Å². The van der Waals surface area contributed by atoms with Crippen LogP contribution in [0.4, 0.5) is 27.6 Å². The number of nitrogens with two attached hydrogens (primary N) is 1. The number of hydrogen-bond acceptors (Lipinski definition) is 2. The average Bonchev–Trinajstić information content (AvgIpc) is 2.38. The average molecular weight is 319 g/mol. The van der Waals surface area contributed by atoms with Crippen LogP contribution in [0.25, 0.3) is 0 Å². The molecule has 0 aliphatic rings. The minimum atomic E-state index is -4.54. The fourth-order valence-electron chi connectivity index (χ4n) is 1.73. The number of alkyl halides is 3. The number of nitrogen functional groups attached to an aromatic ring is 1. The molecule has 2 rings (SSSR count). The number of benzene rings is 2. The third-order valence-electron chi connectivity index (χ3n) is 2.72. The third kappa shape index (κ3) is 3.87. The van der Waals surface area contributed by atoms with E-state index in [4.69, 9.17) is 5.73 Å². The molecule has 0 aromatic heterocycles. The first-order valence-electron chi connectivity index (χ1n) is 5.81. The van der Waals surface area contributed by atoms with Gasteiger partial charge in [0.25, 0.3) is 0 Å². The standard InChI is InChI=1S/C14H10F5NS/c15-9-2-4-13(12(16)5-9)21-7-8-1-3-10(20)6-11(8)14(17,18)19/h1-6H,7,20H2. The molecule has 112 valence electrons. The monoisotopic (exact) mass is 319 g/mol. The lowest BCUT2D eigenvalue weighted by atomic mass is 10.1. The van der Waals surface area contributed by atoms with E-state index in [0.29, 0.717) is 6.07 Å². The SMILES string of the molecule is Nc1ccc(CSc2ccc(F)cc2F)c(C(F)(F)F)c1. The maximum atomic E-state index is 13.4. The second kappa shape index (κ2) is 5.93. The molecule has 2 aromatic carbocycles. The quantitative estimate of drug-likeness (QED) is 0.497. The van der Waals surface area contributed by atoms with Gasteiger partial charge in [-0.3, -0.25) is 0 Å². The highest BCUT2D eigenvalue weighted by Gasteiger charge is 2.33. The Balaban J connectivity index is 2.24. The molecular weight excluding hydrogens is 309 g/mol. The summed E-state index contributed by atoms with van der Waals surface area (Å²) in [5.74, 6) is -1.64. The molecule has 1 nitrogen and oxygen atoms in total. The Hall–Kier alpha value is -1.76. The number of thioether (sulfide) groups is 1. The molecule has 7 heteroatoms. The highest BCUT2D eigenvalue weighted by molar-refractivity contribution is 7.98. The van der Waals surface area contributed by atoms with E-state index in [1.807, 2.05) is 0 Å². The summed E-state index contributed by atoms with van der Waals surface area (Å²) in [6, 6.07) is 6.39. The van der Waals surface area contributed by atoms with Crippen molar-refractivity contribution >= 4 is 17.4 Å². The molecule has 2 aromatic rings. The van der Waals surface area contributed by atoms with Crippen LogP contribution in [0.1, 0.15) is 11.1 Å². The van der Waals surface area contributed by atoms with Gasteiger partial charge in [-0.25, -0.2) is 8.78 Å². The Morgan fingerprint density at radius 1 is 1.00 bits per heavy atom. The fourth-order valence-corrected chi connectivity index (χ4v) is 2.66. The van der Waals surface area contributed by atoms with E-state index in [1.165, 1.54) is 18.2 Å². The highest BCUT2D eigenvalue weighted by atomic mass is 32.2. The van der Waals surface area contributed by atoms with Crippen LogP contribution in [0.5, 0.6) is 0 Å². The molecule has 0 spiro atoms. The zero-order valence-corrected chi connectivity index (χ0v) is 11.4. The molecule has 0 aliphatic heterocycles. The number of hydrogen-bond donors (Lipinski definition) is 1. The third-order valence-corrected chi connectivity index (χ3v) is 3.81. The Kier molecular flexibility index (Phi) is 4.41. The molecule has 0 radical (unpaired) electrons. The van der Waals surface area contributed by atoms with Crippen molar-refractivity contribution in [3.8, 4) is 0 Å². The minimum absolute atomic E-state index is 0.00374. The van der Waals surface area contributed by atoms with Crippen molar-refractivity contribution in [3.05, 3.63) is 59.2 Å². The molecule has 0 saturated heterocycles. The molecule has 21 heavy (non-hydrogen) atoms. The topological polar surface area (TPSA) is 26.0 Å². The Bertz CT molecular complexity index is 654. The van der Waals surface area contributed by atoms with Crippen LogP contribution in [0, 0.1) is 11.6 Å². The van der Waals surface area contributed by atoms with E-state index >= 15 is 0 Å². The lowest BCUT2D eigenvalue weighted by Crippen LogP contribution is -2.09. The van der Waals surface area contributed by atoms with Gasteiger partial charge in [-0.15, -0.1) is 11.8 Å². The highest BCUT2D eigenvalue weighted by Crippen LogP contribution is 2.36. The first-order valence-corrected chi connectivity index (χ1v) is 6.79. The van der Waals surface area contributed by atoms with Crippen LogP contribution in [-0.4, -0.2) is 0 Å². The maximum Gasteiger partial charge on any atom is 0.416 e. The lowest BCUT2D eigenvalue weighted by molar-refractivity contribution is -0.138. The predicted octanol–water partition coefficient (Wildman–Crippen LogP) is 4.86. The molecule has 0 fully saturated rings. The number of anilines is 1.